The van der Waals surface area contributed by atoms with Crippen molar-refractivity contribution in [2.24, 2.45) is 15.4 Å². The van der Waals surface area contributed by atoms with E-state index in [1.165, 1.54) is 31.3 Å². The fourth-order valence-corrected chi connectivity index (χ4v) is 10.5. The van der Waals surface area contributed by atoms with Crippen molar-refractivity contribution in [2.75, 3.05) is 52.9 Å². The van der Waals surface area contributed by atoms with E-state index in [2.05, 4.69) is 16.0 Å². The molecular weight excluding hydrogens is 1020 g/mol. The average Bonchev–Trinajstić information content (AvgIpc) is 4.15. The molecule has 3 atom stereocenters. The number of fused-ring (bicyclic) bond motifs is 4. The zero-order chi connectivity index (χ0) is 56.1. The molecule has 414 valence electrons. The molecule has 1 saturated carbocycles. The van der Waals surface area contributed by atoms with Gasteiger partial charge in [0.1, 0.15) is 17.2 Å². The lowest BCUT2D eigenvalue weighted by atomic mass is 9.67. The second-order valence-electron chi connectivity index (χ2n) is 20.3. The first-order valence-electron chi connectivity index (χ1n) is 26.8. The minimum atomic E-state index is -1.25. The summed E-state index contributed by atoms with van der Waals surface area (Å²) in [5.41, 5.74) is 4.70. The van der Waals surface area contributed by atoms with Crippen LogP contribution < -0.4 is 39.6 Å². The summed E-state index contributed by atoms with van der Waals surface area (Å²) in [5, 5.41) is 8.45. The SMILES string of the molecule is COc1ccc(C2=CN3C(=O)c4cc(OC)c(OCCCOc5cc6c(cc5OC)C(=O)N5C=C(c7ccc(NC(=O)[C@H](C)NC(=O)C8(C(=O)NCCCCCN9C(=O)C=CC9=O)CCC8)cc7)CC5C=N6)cc4N=C[C@@H]3C2)cc1. The van der Waals surface area contributed by atoms with Crippen LogP contribution in [0.4, 0.5) is 17.1 Å². The Hall–Kier alpha value is -9.07. The predicted octanol–water partition coefficient (Wildman–Crippen LogP) is 7.33. The summed E-state index contributed by atoms with van der Waals surface area (Å²) in [7, 11) is 4.65. The summed E-state index contributed by atoms with van der Waals surface area (Å²) in [5.74, 6) is -0.0402. The van der Waals surface area contributed by atoms with Crippen molar-refractivity contribution in [3.8, 4) is 28.7 Å². The number of hydrogen-bond acceptors (Lipinski definition) is 14. The molecule has 1 fully saturated rings. The molecule has 7 amide bonds. The number of amides is 7. The molecule has 80 heavy (non-hydrogen) atoms. The van der Waals surface area contributed by atoms with Crippen molar-refractivity contribution >= 4 is 82.0 Å². The van der Waals surface area contributed by atoms with Gasteiger partial charge in [0, 0.05) is 87.2 Å². The highest BCUT2D eigenvalue weighted by Crippen LogP contribution is 2.44. The van der Waals surface area contributed by atoms with Crippen LogP contribution in [0.3, 0.4) is 0 Å². The van der Waals surface area contributed by atoms with Gasteiger partial charge in [0.15, 0.2) is 23.0 Å². The van der Waals surface area contributed by atoms with Gasteiger partial charge in [-0.05, 0) is 97.7 Å². The maximum Gasteiger partial charge on any atom is 0.260 e. The van der Waals surface area contributed by atoms with E-state index in [1.807, 2.05) is 48.8 Å². The molecule has 6 aliphatic rings. The molecule has 20 heteroatoms. The number of rotatable bonds is 22. The number of nitrogens with zero attached hydrogens (tertiary/aromatic N) is 5. The van der Waals surface area contributed by atoms with Crippen molar-refractivity contribution in [3.63, 3.8) is 0 Å². The lowest BCUT2D eigenvalue weighted by Gasteiger charge is -2.39. The molecule has 0 aromatic heterocycles. The normalized spacial score (nSPS) is 18.6. The van der Waals surface area contributed by atoms with Crippen LogP contribution in [-0.2, 0) is 24.0 Å². The number of aliphatic imine (C=N–C) groups is 2. The van der Waals surface area contributed by atoms with Gasteiger partial charge in [-0.15, -0.1) is 0 Å². The first-order valence-corrected chi connectivity index (χ1v) is 26.8. The predicted molar refractivity (Wildman–Crippen MR) is 298 cm³/mol. The molecule has 4 aromatic rings. The molecule has 1 unspecified atom stereocenters. The second kappa shape index (κ2) is 23.5. The second-order valence-corrected chi connectivity index (χ2v) is 20.3. The fourth-order valence-electron chi connectivity index (χ4n) is 10.5. The zero-order valence-corrected chi connectivity index (χ0v) is 45.0. The Kier molecular flexibility index (Phi) is 15.9. The van der Waals surface area contributed by atoms with E-state index in [-0.39, 0.29) is 54.8 Å². The minimum Gasteiger partial charge on any atom is -0.497 e. The van der Waals surface area contributed by atoms with Crippen LogP contribution in [-0.4, -0.2) is 134 Å². The van der Waals surface area contributed by atoms with Crippen LogP contribution in [0, 0.1) is 5.41 Å². The third-order valence-electron chi connectivity index (χ3n) is 15.3. The lowest BCUT2D eigenvalue weighted by molar-refractivity contribution is -0.150. The number of benzene rings is 4. The minimum absolute atomic E-state index is 0.184. The number of anilines is 1. The van der Waals surface area contributed by atoms with Gasteiger partial charge in [0.2, 0.25) is 17.7 Å². The standard InChI is InChI=1S/C60H62N8O12/c1-36(64-59(75)60(20-8-21-60)58(74)61-22-6-5-7-23-66-53(69)18-19-54(66)70)55(71)65-41-14-10-37(11-15-41)39-26-42-32-62-47-30-51(49(77-3)28-45(47)56(72)67(42)34-39)79-24-9-25-80-52-31-48-46(29-50(52)78-4)57(73)68-35-40(27-43(68)33-63-48)38-12-16-44(76-2)17-13-38/h10-19,28-36,42-43H,5-9,20-27H2,1-4H3,(H,61,74)(H,64,75)(H,65,71)/t36-,42?,43-/m0/s1. The number of hydrogen-bond donors (Lipinski definition) is 3. The molecule has 4 aromatic carbocycles. The molecule has 0 bridgehead atoms. The monoisotopic (exact) mass is 1090 g/mol. The van der Waals surface area contributed by atoms with Crippen LogP contribution in [0.2, 0.25) is 0 Å². The Morgan fingerprint density at radius 2 is 1.19 bits per heavy atom. The highest BCUT2D eigenvalue weighted by atomic mass is 16.5. The highest BCUT2D eigenvalue weighted by Gasteiger charge is 2.51. The van der Waals surface area contributed by atoms with Gasteiger partial charge >= 0.3 is 0 Å². The van der Waals surface area contributed by atoms with Gasteiger partial charge in [0.05, 0.1) is 69.1 Å². The van der Waals surface area contributed by atoms with E-state index >= 15 is 0 Å². The lowest BCUT2D eigenvalue weighted by Crippen LogP contribution is -2.58. The molecule has 10 rings (SSSR count). The molecule has 0 saturated heterocycles. The quantitative estimate of drug-likeness (QED) is 0.0399. The zero-order valence-electron chi connectivity index (χ0n) is 45.0. The van der Waals surface area contributed by atoms with E-state index in [0.717, 1.165) is 28.0 Å². The molecular formula is C60H62N8O12. The average molecular weight is 1090 g/mol. The molecule has 3 N–H and O–H groups in total. The number of methoxy groups -OCH3 is 3. The van der Waals surface area contributed by atoms with Gasteiger partial charge in [-0.1, -0.05) is 30.7 Å². The maximum absolute atomic E-state index is 14.1. The number of carbonyl (C=O) groups is 7. The first-order chi connectivity index (χ1) is 38.8. The third kappa shape index (κ3) is 11.1. The number of ether oxygens (including phenoxy) is 5. The number of nitrogens with one attached hydrogen (secondary N) is 3. The van der Waals surface area contributed by atoms with E-state index in [9.17, 15) is 33.6 Å². The van der Waals surface area contributed by atoms with Crippen LogP contribution in [0.5, 0.6) is 28.7 Å². The van der Waals surface area contributed by atoms with Gasteiger partial charge in [0.25, 0.3) is 23.6 Å². The third-order valence-corrected chi connectivity index (χ3v) is 15.3. The Bertz CT molecular complexity index is 3270. The Morgan fingerprint density at radius 3 is 1.69 bits per heavy atom. The molecule has 1 aliphatic carbocycles. The summed E-state index contributed by atoms with van der Waals surface area (Å²) < 4.78 is 29.0. The van der Waals surface area contributed by atoms with Crippen LogP contribution in [0.15, 0.2) is 107 Å². The molecule has 0 spiro atoms. The summed E-state index contributed by atoms with van der Waals surface area (Å²) >= 11 is 0. The first kappa shape index (κ1) is 54.3. The van der Waals surface area contributed by atoms with Gasteiger partial charge in [-0.3, -0.25) is 48.4 Å². The van der Waals surface area contributed by atoms with Crippen LogP contribution >= 0.6 is 0 Å². The van der Waals surface area contributed by atoms with Crippen molar-refractivity contribution in [1.29, 1.82) is 0 Å². The Labute approximate surface area is 462 Å². The van der Waals surface area contributed by atoms with Crippen molar-refractivity contribution in [1.82, 2.24) is 25.3 Å². The highest BCUT2D eigenvalue weighted by molar-refractivity contribution is 6.13. The summed E-state index contributed by atoms with van der Waals surface area (Å²) in [6, 6.07) is 20.1. The number of carbonyl (C=O) groups excluding carboxylic acids is 7. The van der Waals surface area contributed by atoms with Crippen molar-refractivity contribution in [2.45, 2.75) is 82.8 Å². The number of unbranched alkanes of at least 4 members (excludes halogenated alkanes) is 2. The van der Waals surface area contributed by atoms with Crippen molar-refractivity contribution < 1.29 is 57.2 Å². The van der Waals surface area contributed by atoms with Crippen LogP contribution in [0.1, 0.15) is 96.6 Å². The van der Waals surface area contributed by atoms with Crippen LogP contribution in [0.25, 0.3) is 11.1 Å². The molecule has 5 heterocycles. The molecule has 20 nitrogen and oxygen atoms in total. The van der Waals surface area contributed by atoms with E-state index in [1.54, 1.807) is 72.7 Å². The van der Waals surface area contributed by atoms with Gasteiger partial charge in [-0.2, -0.15) is 0 Å². The van der Waals surface area contributed by atoms with E-state index in [4.69, 9.17) is 33.7 Å². The topological polar surface area (TPSA) is 236 Å². The Balaban J connectivity index is 0.689. The van der Waals surface area contributed by atoms with Gasteiger partial charge < -0.3 is 49.4 Å². The molecule has 5 aliphatic heterocycles. The van der Waals surface area contributed by atoms with E-state index in [0.29, 0.717) is 122 Å². The largest absolute Gasteiger partial charge is 0.497 e. The van der Waals surface area contributed by atoms with E-state index < -0.39 is 23.3 Å². The Morgan fingerprint density at radius 1 is 0.650 bits per heavy atom. The summed E-state index contributed by atoms with van der Waals surface area (Å²) in [6.07, 6.45) is 14.7. The fraction of sp³-hybridized carbons (Fsp3) is 0.350. The summed E-state index contributed by atoms with van der Waals surface area (Å²) in [4.78, 5) is 105. The van der Waals surface area contributed by atoms with Crippen molar-refractivity contribution in [3.05, 3.63) is 120 Å². The molecule has 0 radical (unpaired) electrons. The smallest absolute Gasteiger partial charge is 0.260 e. The van der Waals surface area contributed by atoms with Gasteiger partial charge in [-0.25, -0.2) is 0 Å². The summed E-state index contributed by atoms with van der Waals surface area (Å²) in [6.45, 7) is 2.72. The number of imide groups is 1. The maximum atomic E-state index is 14.1.